The van der Waals surface area contributed by atoms with Gasteiger partial charge in [-0.2, -0.15) is 5.10 Å². The first kappa shape index (κ1) is 19.4. The van der Waals surface area contributed by atoms with Crippen molar-refractivity contribution in [2.24, 2.45) is 0 Å². The zero-order valence-corrected chi connectivity index (χ0v) is 18.6. The van der Waals surface area contributed by atoms with E-state index in [1.54, 1.807) is 12.4 Å². The molecular weight excluding hydrogens is 412 g/mol. The molecule has 6 aromatic rings. The Morgan fingerprint density at radius 3 is 2.58 bits per heavy atom. The molecule has 0 spiro atoms. The lowest BCUT2D eigenvalue weighted by Crippen LogP contribution is -2.13. The van der Waals surface area contributed by atoms with E-state index in [1.165, 1.54) is 0 Å². The molecule has 0 unspecified atom stereocenters. The monoisotopic (exact) mass is 434 g/mol. The van der Waals surface area contributed by atoms with Gasteiger partial charge in [0.2, 0.25) is 0 Å². The van der Waals surface area contributed by atoms with Gasteiger partial charge in [0, 0.05) is 28.4 Å². The van der Waals surface area contributed by atoms with Crippen LogP contribution in [0, 0.1) is 6.92 Å². The third-order valence-electron chi connectivity index (χ3n) is 6.06. The van der Waals surface area contributed by atoms with E-state index in [4.69, 9.17) is 4.98 Å². The summed E-state index contributed by atoms with van der Waals surface area (Å²) in [6.07, 6.45) is 3.37. The SMILES string of the molecule is Cc1nc2ccccc2c2c(NC(=O)c3cnc4c(cnn4C(C)C)c3)c3ccccc3n12. The number of hydrogen-bond donors (Lipinski definition) is 1. The highest BCUT2D eigenvalue weighted by atomic mass is 16.1. The van der Waals surface area contributed by atoms with Gasteiger partial charge in [-0.05, 0) is 39.0 Å². The van der Waals surface area contributed by atoms with Crippen molar-refractivity contribution in [2.75, 3.05) is 5.32 Å². The summed E-state index contributed by atoms with van der Waals surface area (Å²) in [5.74, 6) is 0.656. The fourth-order valence-electron chi connectivity index (χ4n) is 4.58. The van der Waals surface area contributed by atoms with Gasteiger partial charge in [0.15, 0.2) is 5.65 Å². The van der Waals surface area contributed by atoms with Crippen molar-refractivity contribution in [3.05, 3.63) is 78.4 Å². The van der Waals surface area contributed by atoms with E-state index in [1.807, 2.05) is 60.1 Å². The maximum Gasteiger partial charge on any atom is 0.257 e. The molecule has 0 bridgehead atoms. The van der Waals surface area contributed by atoms with Crippen LogP contribution in [0.15, 0.2) is 67.0 Å². The number of fused-ring (bicyclic) bond motifs is 6. The molecule has 4 heterocycles. The molecule has 0 atom stereocenters. The highest BCUT2D eigenvalue weighted by Gasteiger charge is 2.20. The summed E-state index contributed by atoms with van der Waals surface area (Å²) < 4.78 is 3.97. The first-order valence-corrected chi connectivity index (χ1v) is 11.0. The number of aryl methyl sites for hydroxylation is 1. The van der Waals surface area contributed by atoms with Gasteiger partial charge >= 0.3 is 0 Å². The van der Waals surface area contributed by atoms with Gasteiger partial charge in [0.05, 0.1) is 34.0 Å². The average molecular weight is 435 g/mol. The van der Waals surface area contributed by atoms with Crippen LogP contribution in [-0.4, -0.2) is 30.1 Å². The number of rotatable bonds is 3. The van der Waals surface area contributed by atoms with Crippen molar-refractivity contribution in [3.63, 3.8) is 0 Å². The first-order chi connectivity index (χ1) is 16.0. The quantitative estimate of drug-likeness (QED) is 0.397. The summed E-state index contributed by atoms with van der Waals surface area (Å²) in [5.41, 5.74) is 4.87. The number of carbonyl (C=O) groups is 1. The summed E-state index contributed by atoms with van der Waals surface area (Å²) in [6, 6.07) is 18.1. The van der Waals surface area contributed by atoms with Gasteiger partial charge in [-0.15, -0.1) is 0 Å². The summed E-state index contributed by atoms with van der Waals surface area (Å²) in [7, 11) is 0. The molecule has 162 valence electrons. The zero-order chi connectivity index (χ0) is 22.7. The number of para-hydroxylation sites is 2. The van der Waals surface area contributed by atoms with Crippen molar-refractivity contribution in [2.45, 2.75) is 26.8 Å². The zero-order valence-electron chi connectivity index (χ0n) is 18.6. The van der Waals surface area contributed by atoms with Gasteiger partial charge in [-0.1, -0.05) is 36.4 Å². The van der Waals surface area contributed by atoms with Crippen LogP contribution < -0.4 is 5.32 Å². The van der Waals surface area contributed by atoms with Crippen molar-refractivity contribution in [1.82, 2.24) is 24.1 Å². The Morgan fingerprint density at radius 1 is 1.00 bits per heavy atom. The number of hydrogen-bond acceptors (Lipinski definition) is 4. The lowest BCUT2D eigenvalue weighted by Gasteiger charge is -2.09. The molecule has 4 aromatic heterocycles. The summed E-state index contributed by atoms with van der Waals surface area (Å²) in [6.45, 7) is 6.10. The first-order valence-electron chi connectivity index (χ1n) is 11.0. The highest BCUT2D eigenvalue weighted by Crippen LogP contribution is 2.36. The number of carbonyl (C=O) groups excluding carboxylic acids is 1. The number of benzene rings is 2. The summed E-state index contributed by atoms with van der Waals surface area (Å²) in [5, 5.41) is 10.4. The van der Waals surface area contributed by atoms with Crippen LogP contribution in [0.3, 0.4) is 0 Å². The van der Waals surface area contributed by atoms with E-state index >= 15 is 0 Å². The minimum atomic E-state index is -0.210. The number of amides is 1. The largest absolute Gasteiger partial charge is 0.320 e. The Morgan fingerprint density at radius 2 is 1.76 bits per heavy atom. The average Bonchev–Trinajstić information content (AvgIpc) is 3.39. The van der Waals surface area contributed by atoms with Gasteiger partial charge in [0.1, 0.15) is 5.82 Å². The molecule has 0 saturated heterocycles. The molecule has 0 radical (unpaired) electrons. The van der Waals surface area contributed by atoms with Gasteiger partial charge in [-0.25, -0.2) is 14.6 Å². The third kappa shape index (κ3) is 2.89. The Balaban J connectivity index is 1.54. The highest BCUT2D eigenvalue weighted by molar-refractivity contribution is 6.19. The standard InChI is InChI=1S/C26H22N6O/c1-15(2)32-25-17(14-28-32)12-18(13-27-25)26(33)30-23-20-9-5-7-11-22(20)31-16(3)29-21-10-6-4-8-19(21)24(23)31/h4-15H,1-3H3,(H,30,33). The summed E-state index contributed by atoms with van der Waals surface area (Å²) in [4.78, 5) is 22.7. The molecule has 0 aliphatic rings. The van der Waals surface area contributed by atoms with Gasteiger partial charge in [-0.3, -0.25) is 9.20 Å². The lowest BCUT2D eigenvalue weighted by atomic mass is 10.1. The molecular formula is C26H22N6O. The van der Waals surface area contributed by atoms with Crippen LogP contribution in [0.25, 0.3) is 38.4 Å². The second-order valence-electron chi connectivity index (χ2n) is 8.53. The Bertz CT molecular complexity index is 1710. The predicted octanol–water partition coefficient (Wildman–Crippen LogP) is 5.53. The van der Waals surface area contributed by atoms with Crippen molar-refractivity contribution in [3.8, 4) is 0 Å². The van der Waals surface area contributed by atoms with Crippen molar-refractivity contribution in [1.29, 1.82) is 0 Å². The van der Waals surface area contributed by atoms with Crippen LogP contribution in [0.2, 0.25) is 0 Å². The fraction of sp³-hybridized carbons (Fsp3) is 0.154. The van der Waals surface area contributed by atoms with Crippen LogP contribution >= 0.6 is 0 Å². The Kier molecular flexibility index (Phi) is 4.20. The van der Waals surface area contributed by atoms with Crippen molar-refractivity contribution >= 4 is 50.0 Å². The molecule has 1 amide bonds. The van der Waals surface area contributed by atoms with Gasteiger partial charge in [0.25, 0.3) is 5.91 Å². The Labute approximate surface area is 189 Å². The van der Waals surface area contributed by atoms with Crippen LogP contribution in [0.4, 0.5) is 5.69 Å². The van der Waals surface area contributed by atoms with E-state index in [0.29, 0.717) is 5.56 Å². The van der Waals surface area contributed by atoms with Crippen LogP contribution in [0.5, 0.6) is 0 Å². The second kappa shape index (κ2) is 7.13. The second-order valence-corrected chi connectivity index (χ2v) is 8.53. The number of aromatic nitrogens is 5. The summed E-state index contributed by atoms with van der Waals surface area (Å²) >= 11 is 0. The molecule has 0 fully saturated rings. The molecule has 0 saturated carbocycles. The topological polar surface area (TPSA) is 77.1 Å². The van der Waals surface area contributed by atoms with Gasteiger partial charge < -0.3 is 5.32 Å². The maximum absolute atomic E-state index is 13.4. The van der Waals surface area contributed by atoms with E-state index in [-0.39, 0.29) is 11.9 Å². The fourth-order valence-corrected chi connectivity index (χ4v) is 4.58. The molecule has 0 aliphatic heterocycles. The molecule has 1 N–H and O–H groups in total. The number of nitrogens with one attached hydrogen (secondary N) is 1. The maximum atomic E-state index is 13.4. The smallest absolute Gasteiger partial charge is 0.257 e. The van der Waals surface area contributed by atoms with E-state index in [0.717, 1.165) is 49.9 Å². The van der Waals surface area contributed by atoms with E-state index < -0.39 is 0 Å². The normalized spacial score (nSPS) is 11.9. The molecule has 2 aromatic carbocycles. The molecule has 7 heteroatoms. The van der Waals surface area contributed by atoms with Crippen LogP contribution in [-0.2, 0) is 0 Å². The van der Waals surface area contributed by atoms with E-state index in [9.17, 15) is 4.79 Å². The minimum absolute atomic E-state index is 0.193. The molecule has 6 rings (SSSR count). The van der Waals surface area contributed by atoms with E-state index in [2.05, 4.69) is 39.7 Å². The lowest BCUT2D eigenvalue weighted by molar-refractivity contribution is 0.102. The number of nitrogens with zero attached hydrogens (tertiary/aromatic N) is 5. The molecule has 7 nitrogen and oxygen atoms in total. The molecule has 0 aliphatic carbocycles. The van der Waals surface area contributed by atoms with Crippen LogP contribution in [0.1, 0.15) is 36.1 Å². The predicted molar refractivity (Wildman–Crippen MR) is 131 cm³/mol. The molecule has 33 heavy (non-hydrogen) atoms. The van der Waals surface area contributed by atoms with Crippen molar-refractivity contribution < 1.29 is 4.79 Å². The number of anilines is 1. The minimum Gasteiger partial charge on any atom is -0.320 e. The Hall–Kier alpha value is -4.26. The third-order valence-corrected chi connectivity index (χ3v) is 6.06. The number of pyridine rings is 1.